The SMILES string of the molecule is C.CC1(C(=O)Nc2ccc(Cl)cc2)CC1.CC1(C(=O)O)CC1.CC1(CNc2ccc(Cl)cc2)CC1.Nc1ccc(Cl)cc1. The number of hydrogen-bond acceptors (Lipinski definition) is 4. The number of rotatable bonds is 6. The van der Waals surface area contributed by atoms with E-state index in [1.54, 1.807) is 43.3 Å². The number of carboxylic acids is 1. The summed E-state index contributed by atoms with van der Waals surface area (Å²) in [6.45, 7) is 7.15. The third-order valence-corrected chi connectivity index (χ3v) is 8.46. The van der Waals surface area contributed by atoms with Crippen LogP contribution in [0.25, 0.3) is 0 Å². The molecule has 0 unspecified atom stereocenters. The fourth-order valence-electron chi connectivity index (χ4n) is 3.37. The minimum Gasteiger partial charge on any atom is -0.481 e. The summed E-state index contributed by atoms with van der Waals surface area (Å²) in [5.74, 6) is -0.535. The summed E-state index contributed by atoms with van der Waals surface area (Å²) in [4.78, 5) is 21.7. The van der Waals surface area contributed by atoms with Gasteiger partial charge in [0.1, 0.15) is 0 Å². The van der Waals surface area contributed by atoms with Crippen LogP contribution < -0.4 is 16.4 Å². The first-order valence-corrected chi connectivity index (χ1v) is 15.2. The molecule has 0 bridgehead atoms. The van der Waals surface area contributed by atoms with E-state index in [9.17, 15) is 9.59 Å². The molecule has 0 saturated heterocycles. The van der Waals surface area contributed by atoms with Crippen molar-refractivity contribution in [2.75, 3.05) is 22.9 Å². The van der Waals surface area contributed by atoms with E-state index in [4.69, 9.17) is 45.6 Å². The second-order valence-electron chi connectivity index (χ2n) is 12.1. The standard InChI is InChI=1S/C11H12ClNO.C11H14ClN.C6H6ClN.C5H8O2.CH4/c1-11(6-7-11)10(14)13-9-4-2-8(12)3-5-9;1-11(6-7-11)8-13-10-4-2-9(12)3-5-10;7-5-1-3-6(8)4-2-5;1-5(2-3-5)4(6)7;/h2-5H,6-7H2,1H3,(H,13,14);2-5,13H,6-8H2,1H3;1-4H,8H2;2-3H2,1H3,(H,6,7);1H4. The Balaban J connectivity index is 0.000000206. The molecule has 43 heavy (non-hydrogen) atoms. The molecule has 5 N–H and O–H groups in total. The van der Waals surface area contributed by atoms with Crippen molar-refractivity contribution < 1.29 is 14.7 Å². The van der Waals surface area contributed by atoms with Crippen molar-refractivity contribution in [1.29, 1.82) is 0 Å². The molecule has 0 aliphatic heterocycles. The van der Waals surface area contributed by atoms with Crippen LogP contribution in [-0.4, -0.2) is 23.5 Å². The Bertz CT molecular complexity index is 1300. The maximum absolute atomic E-state index is 11.6. The van der Waals surface area contributed by atoms with Gasteiger partial charge in [0.25, 0.3) is 0 Å². The highest BCUT2D eigenvalue weighted by molar-refractivity contribution is 6.31. The third kappa shape index (κ3) is 13.1. The quantitative estimate of drug-likeness (QED) is 0.199. The van der Waals surface area contributed by atoms with E-state index in [1.807, 2.05) is 43.3 Å². The molecule has 0 radical (unpaired) electrons. The lowest BCUT2D eigenvalue weighted by molar-refractivity contribution is -0.142. The highest BCUT2D eigenvalue weighted by Gasteiger charge is 2.45. The molecule has 234 valence electrons. The number of carbonyl (C=O) groups is 2. The number of anilines is 3. The average molecular weight is 649 g/mol. The normalized spacial score (nSPS) is 16.9. The summed E-state index contributed by atoms with van der Waals surface area (Å²) in [6, 6.07) is 22.1. The van der Waals surface area contributed by atoms with Crippen LogP contribution in [0.3, 0.4) is 0 Å². The molecular weight excluding hydrogens is 605 g/mol. The van der Waals surface area contributed by atoms with Gasteiger partial charge >= 0.3 is 5.97 Å². The molecule has 0 atom stereocenters. The fourth-order valence-corrected chi connectivity index (χ4v) is 3.75. The van der Waals surface area contributed by atoms with Crippen LogP contribution in [0.2, 0.25) is 15.1 Å². The van der Waals surface area contributed by atoms with Crippen LogP contribution in [-0.2, 0) is 9.59 Å². The van der Waals surface area contributed by atoms with Crippen molar-refractivity contribution in [3.63, 3.8) is 0 Å². The summed E-state index contributed by atoms with van der Waals surface area (Å²) < 4.78 is 0. The number of benzene rings is 3. The molecule has 9 heteroatoms. The minimum absolute atomic E-state index is 0. The largest absolute Gasteiger partial charge is 0.481 e. The number of nitrogen functional groups attached to an aromatic ring is 1. The molecule has 3 aliphatic carbocycles. The van der Waals surface area contributed by atoms with E-state index in [1.165, 1.54) is 12.8 Å². The maximum Gasteiger partial charge on any atom is 0.309 e. The molecule has 3 fully saturated rings. The Morgan fingerprint density at radius 1 is 0.698 bits per heavy atom. The number of hydrogen-bond donors (Lipinski definition) is 4. The van der Waals surface area contributed by atoms with E-state index < -0.39 is 5.97 Å². The summed E-state index contributed by atoms with van der Waals surface area (Å²) in [6.07, 6.45) is 6.42. The Morgan fingerprint density at radius 2 is 1.09 bits per heavy atom. The molecule has 0 spiro atoms. The summed E-state index contributed by atoms with van der Waals surface area (Å²) in [5, 5.41) is 16.8. The van der Waals surface area contributed by atoms with Crippen LogP contribution in [0.1, 0.15) is 66.7 Å². The van der Waals surface area contributed by atoms with Gasteiger partial charge in [-0.05, 0) is 124 Å². The minimum atomic E-state index is -0.646. The number of aliphatic carboxylic acids is 1. The van der Waals surface area contributed by atoms with Gasteiger partial charge in [-0.1, -0.05) is 56.1 Å². The van der Waals surface area contributed by atoms with Crippen molar-refractivity contribution in [1.82, 2.24) is 0 Å². The Morgan fingerprint density at radius 3 is 1.42 bits per heavy atom. The molecule has 3 aromatic rings. The van der Waals surface area contributed by atoms with Gasteiger partial charge in [-0.2, -0.15) is 0 Å². The molecule has 3 aromatic carbocycles. The Kier molecular flexibility index (Phi) is 13.2. The first-order valence-electron chi connectivity index (χ1n) is 14.0. The molecular formula is C34H44Cl3N3O3. The van der Waals surface area contributed by atoms with E-state index in [2.05, 4.69) is 17.6 Å². The zero-order valence-corrected chi connectivity index (χ0v) is 26.6. The molecule has 3 saturated carbocycles. The lowest BCUT2D eigenvalue weighted by atomic mass is 10.1. The molecule has 6 nitrogen and oxygen atoms in total. The lowest BCUT2D eigenvalue weighted by Crippen LogP contribution is -2.21. The predicted molar refractivity (Wildman–Crippen MR) is 182 cm³/mol. The van der Waals surface area contributed by atoms with E-state index >= 15 is 0 Å². The number of halogens is 3. The van der Waals surface area contributed by atoms with Crippen molar-refractivity contribution in [2.24, 2.45) is 16.2 Å². The summed E-state index contributed by atoms with van der Waals surface area (Å²) >= 11 is 17.1. The third-order valence-electron chi connectivity index (χ3n) is 7.70. The molecule has 0 aromatic heterocycles. The van der Waals surface area contributed by atoms with Crippen LogP contribution in [0.4, 0.5) is 17.1 Å². The van der Waals surface area contributed by atoms with Crippen molar-refractivity contribution in [3.05, 3.63) is 87.9 Å². The molecule has 3 aliphatic rings. The predicted octanol–water partition coefficient (Wildman–Crippen LogP) is 10.1. The van der Waals surface area contributed by atoms with Crippen molar-refractivity contribution >= 4 is 63.7 Å². The number of nitrogens with two attached hydrogens (primary N) is 1. The first kappa shape index (κ1) is 36.3. The van der Waals surface area contributed by atoms with Gasteiger partial charge in [-0.25, -0.2) is 0 Å². The second-order valence-corrected chi connectivity index (χ2v) is 13.4. The van der Waals surface area contributed by atoms with Gasteiger partial charge in [0.15, 0.2) is 0 Å². The molecule has 0 heterocycles. The van der Waals surface area contributed by atoms with Gasteiger partial charge in [0.2, 0.25) is 5.91 Å². The van der Waals surface area contributed by atoms with Crippen LogP contribution in [0, 0.1) is 16.2 Å². The van der Waals surface area contributed by atoms with Crippen molar-refractivity contribution in [2.45, 2.75) is 66.7 Å². The Hall–Kier alpha value is -2.93. The monoisotopic (exact) mass is 647 g/mol. The zero-order valence-electron chi connectivity index (χ0n) is 24.4. The van der Waals surface area contributed by atoms with Gasteiger partial charge < -0.3 is 21.5 Å². The summed E-state index contributed by atoms with van der Waals surface area (Å²) in [7, 11) is 0. The Labute approximate surface area is 271 Å². The number of amides is 1. The van der Waals surface area contributed by atoms with Gasteiger partial charge in [-0.3, -0.25) is 9.59 Å². The summed E-state index contributed by atoms with van der Waals surface area (Å²) in [5.41, 5.74) is 8.19. The number of nitrogens with one attached hydrogen (secondary N) is 2. The number of carbonyl (C=O) groups excluding carboxylic acids is 1. The average Bonchev–Trinajstić information content (AvgIpc) is 3.89. The lowest BCUT2D eigenvalue weighted by Gasteiger charge is -2.10. The second kappa shape index (κ2) is 15.7. The first-order chi connectivity index (χ1) is 19.7. The van der Waals surface area contributed by atoms with E-state index in [0.717, 1.165) is 59.3 Å². The van der Waals surface area contributed by atoms with E-state index in [-0.39, 0.29) is 24.2 Å². The van der Waals surface area contributed by atoms with Crippen molar-refractivity contribution in [3.8, 4) is 0 Å². The highest BCUT2D eigenvalue weighted by Crippen LogP contribution is 2.46. The van der Waals surface area contributed by atoms with Crippen LogP contribution in [0.5, 0.6) is 0 Å². The smallest absolute Gasteiger partial charge is 0.309 e. The van der Waals surface area contributed by atoms with Gasteiger partial charge in [0.05, 0.1) is 5.41 Å². The number of carboxylic acid groups (broad SMARTS) is 1. The highest BCUT2D eigenvalue weighted by atomic mass is 35.5. The molecule has 6 rings (SSSR count). The topological polar surface area (TPSA) is 104 Å². The van der Waals surface area contributed by atoms with Crippen LogP contribution in [0.15, 0.2) is 72.8 Å². The maximum atomic E-state index is 11.6. The van der Waals surface area contributed by atoms with Gasteiger partial charge in [-0.15, -0.1) is 0 Å². The fraction of sp³-hybridized carbons (Fsp3) is 0.412. The van der Waals surface area contributed by atoms with Gasteiger partial charge in [0, 0.05) is 44.1 Å². The van der Waals surface area contributed by atoms with Crippen LogP contribution >= 0.6 is 34.8 Å². The van der Waals surface area contributed by atoms with E-state index in [0.29, 0.717) is 10.4 Å². The zero-order chi connectivity index (χ0) is 31.0. The molecule has 1 amide bonds.